The molecule has 3 rings (SSSR count). The largest absolute Gasteiger partial charge is 0.443 e. The van der Waals surface area contributed by atoms with Gasteiger partial charge in [0.25, 0.3) is 5.91 Å². The van der Waals surface area contributed by atoms with Gasteiger partial charge in [-0.1, -0.05) is 11.6 Å². The lowest BCUT2D eigenvalue weighted by molar-refractivity contribution is -0.122. The maximum Gasteiger partial charge on any atom is 0.416 e. The third-order valence-corrected chi connectivity index (χ3v) is 4.40. The molecule has 1 fully saturated rings. The molecule has 2 aromatic heterocycles. The number of amides is 3. The topological polar surface area (TPSA) is 118 Å². The van der Waals surface area contributed by atoms with E-state index in [0.29, 0.717) is 23.4 Å². The number of halogens is 1. The number of fused-ring (bicyclic) bond motifs is 1. The molecule has 0 bridgehead atoms. The average Bonchev–Trinajstić information content (AvgIpc) is 3.39. The normalized spacial score (nSPS) is 14.4. The van der Waals surface area contributed by atoms with Gasteiger partial charge in [0.15, 0.2) is 5.65 Å². The van der Waals surface area contributed by atoms with Crippen LogP contribution in [0.2, 0.25) is 5.15 Å². The maximum atomic E-state index is 12.9. The number of aromatic nitrogens is 3. The Kier molecular flexibility index (Phi) is 5.97. The number of ether oxygens (including phenoxy) is 1. The molecule has 2 heterocycles. The van der Waals surface area contributed by atoms with Crippen molar-refractivity contribution in [2.24, 2.45) is 0 Å². The highest BCUT2D eigenvalue weighted by Gasteiger charge is 2.38. The van der Waals surface area contributed by atoms with E-state index < -0.39 is 17.6 Å². The smallest absolute Gasteiger partial charge is 0.416 e. The maximum absolute atomic E-state index is 12.9. The zero-order chi connectivity index (χ0) is 22.1. The molecule has 160 valence electrons. The number of hydrogen-bond donors (Lipinski definition) is 2. The lowest BCUT2D eigenvalue weighted by atomic mass is 10.2. The molecule has 2 N–H and O–H groups in total. The van der Waals surface area contributed by atoms with Gasteiger partial charge in [0.1, 0.15) is 22.3 Å². The van der Waals surface area contributed by atoms with Gasteiger partial charge in [-0.2, -0.15) is 9.61 Å². The lowest BCUT2D eigenvalue weighted by Crippen LogP contribution is -2.39. The molecular weight excluding hydrogens is 412 g/mol. The number of carbonyl (C=O) groups is 3. The van der Waals surface area contributed by atoms with E-state index in [1.165, 1.54) is 21.7 Å². The van der Waals surface area contributed by atoms with Crippen LogP contribution in [0.25, 0.3) is 11.7 Å². The van der Waals surface area contributed by atoms with Crippen LogP contribution in [0.1, 0.15) is 39.2 Å². The molecule has 3 amide bonds. The summed E-state index contributed by atoms with van der Waals surface area (Å²) in [5, 5.41) is 9.28. The van der Waals surface area contributed by atoms with Gasteiger partial charge in [0, 0.05) is 24.7 Å². The quantitative estimate of drug-likeness (QED) is 0.406. The van der Waals surface area contributed by atoms with Gasteiger partial charge in [0.2, 0.25) is 6.41 Å². The second kappa shape index (κ2) is 8.31. The van der Waals surface area contributed by atoms with E-state index >= 15 is 0 Å². The Morgan fingerprint density at radius 2 is 2.07 bits per heavy atom. The zero-order valence-corrected chi connectivity index (χ0v) is 17.9. The summed E-state index contributed by atoms with van der Waals surface area (Å²) in [6, 6.07) is 1.53. The third kappa shape index (κ3) is 4.70. The standard InChI is InChI=1S/C19H23ClN6O4/c1-19(2,3)30-18(29)25(12-5-6-12)15-8-14(20)24-16-11(9-23-26(15)16)7-13(21-4)17(28)22-10-27/h7-10,12,21H,5-6H2,1-4H3,(H,22,27,28)/b13-7-. The molecule has 0 radical (unpaired) electrons. The van der Waals surface area contributed by atoms with Crippen molar-refractivity contribution >= 4 is 47.6 Å². The number of rotatable bonds is 6. The van der Waals surface area contributed by atoms with Crippen molar-refractivity contribution < 1.29 is 19.1 Å². The number of likely N-dealkylation sites (N-methyl/N-ethyl adjacent to an activating group) is 1. The van der Waals surface area contributed by atoms with Crippen molar-refractivity contribution in [1.82, 2.24) is 25.2 Å². The molecule has 0 saturated heterocycles. The molecule has 30 heavy (non-hydrogen) atoms. The summed E-state index contributed by atoms with van der Waals surface area (Å²) >= 11 is 6.25. The molecule has 0 atom stereocenters. The molecule has 0 unspecified atom stereocenters. The van der Waals surface area contributed by atoms with Crippen molar-refractivity contribution in [3.8, 4) is 0 Å². The Morgan fingerprint density at radius 1 is 1.37 bits per heavy atom. The molecule has 11 heteroatoms. The molecule has 1 aliphatic rings. The van der Waals surface area contributed by atoms with Crippen LogP contribution in [0.4, 0.5) is 10.6 Å². The van der Waals surface area contributed by atoms with E-state index in [4.69, 9.17) is 16.3 Å². The fraction of sp³-hybridized carbons (Fsp3) is 0.421. The minimum absolute atomic E-state index is 0.0176. The number of carbonyl (C=O) groups excluding carboxylic acids is 3. The Morgan fingerprint density at radius 3 is 2.63 bits per heavy atom. The first kappa shape index (κ1) is 21.6. The second-order valence-corrected chi connectivity index (χ2v) is 8.14. The zero-order valence-electron chi connectivity index (χ0n) is 17.1. The van der Waals surface area contributed by atoms with Gasteiger partial charge in [-0.3, -0.25) is 19.8 Å². The van der Waals surface area contributed by atoms with E-state index in [-0.39, 0.29) is 16.9 Å². The number of hydrogen-bond acceptors (Lipinski definition) is 7. The Hall–Kier alpha value is -3.14. The fourth-order valence-electron chi connectivity index (χ4n) is 2.82. The first-order valence-corrected chi connectivity index (χ1v) is 9.73. The van der Waals surface area contributed by atoms with Crippen molar-refractivity contribution in [2.75, 3.05) is 11.9 Å². The summed E-state index contributed by atoms with van der Waals surface area (Å²) in [5.41, 5.74) is 0.292. The van der Waals surface area contributed by atoms with Crippen molar-refractivity contribution in [2.45, 2.75) is 45.3 Å². The minimum Gasteiger partial charge on any atom is -0.443 e. The summed E-state index contributed by atoms with van der Waals surface area (Å²) in [6.45, 7) is 5.39. The van der Waals surface area contributed by atoms with Crippen LogP contribution in [-0.2, 0) is 14.3 Å². The molecule has 1 saturated carbocycles. The highest BCUT2D eigenvalue weighted by molar-refractivity contribution is 6.29. The second-order valence-electron chi connectivity index (χ2n) is 7.75. The predicted molar refractivity (Wildman–Crippen MR) is 111 cm³/mol. The fourth-order valence-corrected chi connectivity index (χ4v) is 3.00. The van der Waals surface area contributed by atoms with E-state index in [2.05, 4.69) is 20.7 Å². The van der Waals surface area contributed by atoms with Crippen LogP contribution < -0.4 is 15.5 Å². The Balaban J connectivity index is 2.08. The Labute approximate surface area is 178 Å². The van der Waals surface area contributed by atoms with Gasteiger partial charge in [0.05, 0.1) is 6.20 Å². The molecule has 0 aromatic carbocycles. The van der Waals surface area contributed by atoms with E-state index in [9.17, 15) is 14.4 Å². The van der Waals surface area contributed by atoms with Crippen LogP contribution in [0, 0.1) is 0 Å². The van der Waals surface area contributed by atoms with E-state index in [1.54, 1.807) is 33.9 Å². The van der Waals surface area contributed by atoms with Gasteiger partial charge >= 0.3 is 6.09 Å². The summed E-state index contributed by atoms with van der Waals surface area (Å²) in [5.74, 6) is -0.188. The van der Waals surface area contributed by atoms with Gasteiger partial charge < -0.3 is 10.1 Å². The van der Waals surface area contributed by atoms with Crippen molar-refractivity contribution in [1.29, 1.82) is 0 Å². The van der Waals surface area contributed by atoms with Crippen LogP contribution in [0.15, 0.2) is 18.0 Å². The van der Waals surface area contributed by atoms with Crippen LogP contribution in [0.5, 0.6) is 0 Å². The monoisotopic (exact) mass is 434 g/mol. The van der Waals surface area contributed by atoms with Crippen LogP contribution in [-0.4, -0.2) is 51.7 Å². The number of anilines is 1. The number of nitrogens with zero attached hydrogens (tertiary/aromatic N) is 4. The number of imide groups is 1. The molecule has 1 aliphatic carbocycles. The van der Waals surface area contributed by atoms with Crippen molar-refractivity contribution in [3.05, 3.63) is 28.7 Å². The number of nitrogens with one attached hydrogen (secondary N) is 2. The summed E-state index contributed by atoms with van der Waals surface area (Å²) in [6.07, 6.45) is 4.46. The summed E-state index contributed by atoms with van der Waals surface area (Å²) in [4.78, 5) is 41.3. The van der Waals surface area contributed by atoms with Gasteiger partial charge in [-0.25, -0.2) is 9.78 Å². The molecule has 0 spiro atoms. The molecule has 2 aromatic rings. The summed E-state index contributed by atoms with van der Waals surface area (Å²) in [7, 11) is 1.55. The highest BCUT2D eigenvalue weighted by Crippen LogP contribution is 2.34. The van der Waals surface area contributed by atoms with E-state index in [1.807, 2.05) is 0 Å². The van der Waals surface area contributed by atoms with Crippen LogP contribution >= 0.6 is 11.6 Å². The van der Waals surface area contributed by atoms with Crippen molar-refractivity contribution in [3.63, 3.8) is 0 Å². The molecule has 10 nitrogen and oxygen atoms in total. The average molecular weight is 435 g/mol. The highest BCUT2D eigenvalue weighted by atomic mass is 35.5. The SMILES string of the molecule is CN/C(=C\c1cnn2c(N(C(=O)OC(C)(C)C)C3CC3)cc(Cl)nc12)C(=O)NC=O. The minimum atomic E-state index is -0.661. The first-order valence-electron chi connectivity index (χ1n) is 9.35. The van der Waals surface area contributed by atoms with Crippen LogP contribution in [0.3, 0.4) is 0 Å². The predicted octanol–water partition coefficient (Wildman–Crippen LogP) is 2.12. The van der Waals surface area contributed by atoms with E-state index in [0.717, 1.165) is 12.8 Å². The summed E-state index contributed by atoms with van der Waals surface area (Å²) < 4.78 is 7.04. The molecular formula is C19H23ClN6O4. The molecule has 0 aliphatic heterocycles. The lowest BCUT2D eigenvalue weighted by Gasteiger charge is -2.27. The van der Waals surface area contributed by atoms with Gasteiger partial charge in [-0.15, -0.1) is 0 Å². The third-order valence-electron chi connectivity index (χ3n) is 4.20. The first-order chi connectivity index (χ1) is 14.1. The van der Waals surface area contributed by atoms with Gasteiger partial charge in [-0.05, 0) is 39.7 Å². The Bertz CT molecular complexity index is 1020.